The molecule has 3 aromatic rings. The van der Waals surface area contributed by atoms with E-state index in [9.17, 15) is 4.79 Å². The van der Waals surface area contributed by atoms with Gasteiger partial charge in [-0.3, -0.25) is 4.79 Å². The molecule has 8 heteroatoms. The van der Waals surface area contributed by atoms with Crippen molar-refractivity contribution >= 4 is 53.4 Å². The Labute approximate surface area is 187 Å². The minimum absolute atomic E-state index is 0. The van der Waals surface area contributed by atoms with E-state index in [2.05, 4.69) is 4.98 Å². The van der Waals surface area contributed by atoms with Crippen molar-refractivity contribution in [3.63, 3.8) is 0 Å². The molecule has 0 aliphatic carbocycles. The van der Waals surface area contributed by atoms with Crippen LogP contribution in [-0.4, -0.2) is 28.9 Å². The van der Waals surface area contributed by atoms with E-state index in [4.69, 9.17) is 21.8 Å². The van der Waals surface area contributed by atoms with Crippen LogP contribution in [0.3, 0.4) is 0 Å². The average Bonchev–Trinajstić information content (AvgIpc) is 3.11. The van der Waals surface area contributed by atoms with Crippen LogP contribution in [0.15, 0.2) is 52.9 Å². The Bertz CT molecular complexity index is 968. The Kier molecular flexibility index (Phi) is 7.57. The van der Waals surface area contributed by atoms with Gasteiger partial charge in [-0.25, -0.2) is 4.98 Å². The van der Waals surface area contributed by atoms with Gasteiger partial charge in [-0.15, -0.1) is 24.8 Å². The maximum atomic E-state index is 13.0. The third kappa shape index (κ3) is 4.69. The molecule has 1 fully saturated rings. The van der Waals surface area contributed by atoms with E-state index >= 15 is 0 Å². The number of hydrogen-bond acceptors (Lipinski definition) is 4. The van der Waals surface area contributed by atoms with Crippen LogP contribution in [0.4, 0.5) is 0 Å². The van der Waals surface area contributed by atoms with Crippen molar-refractivity contribution < 1.29 is 9.21 Å². The number of piperidine rings is 1. The van der Waals surface area contributed by atoms with E-state index in [1.807, 2.05) is 47.4 Å². The number of nitrogens with zero attached hydrogens (tertiary/aromatic N) is 2. The SMILES string of the molecule is CC(N)(C(=O)N1CCC(c2nc3cc(Cl)ccc3o2)CC1)c1ccccc1.Cl.Cl. The molecule has 0 saturated carbocycles. The lowest BCUT2D eigenvalue weighted by molar-refractivity contribution is -0.137. The lowest BCUT2D eigenvalue weighted by Gasteiger charge is -2.36. The highest BCUT2D eigenvalue weighted by Crippen LogP contribution is 2.32. The van der Waals surface area contributed by atoms with Gasteiger partial charge in [0.1, 0.15) is 11.1 Å². The van der Waals surface area contributed by atoms with E-state index < -0.39 is 5.54 Å². The van der Waals surface area contributed by atoms with Gasteiger partial charge in [0.2, 0.25) is 5.91 Å². The fourth-order valence-corrected chi connectivity index (χ4v) is 3.83. The van der Waals surface area contributed by atoms with Gasteiger partial charge in [0.25, 0.3) is 0 Å². The lowest BCUT2D eigenvalue weighted by Crippen LogP contribution is -2.52. The molecule has 0 bridgehead atoms. The number of carbonyl (C=O) groups excluding carboxylic acids is 1. The zero-order valence-corrected chi connectivity index (χ0v) is 18.4. The summed E-state index contributed by atoms with van der Waals surface area (Å²) >= 11 is 6.02. The van der Waals surface area contributed by atoms with Gasteiger partial charge in [-0.2, -0.15) is 0 Å². The lowest BCUT2D eigenvalue weighted by atomic mass is 9.89. The summed E-state index contributed by atoms with van der Waals surface area (Å²) in [4.78, 5) is 19.4. The number of likely N-dealkylation sites (tertiary alicyclic amines) is 1. The highest BCUT2D eigenvalue weighted by molar-refractivity contribution is 6.31. The molecule has 1 amide bonds. The van der Waals surface area contributed by atoms with Gasteiger partial charge in [0.05, 0.1) is 0 Å². The van der Waals surface area contributed by atoms with Crippen molar-refractivity contribution in [2.75, 3.05) is 13.1 Å². The number of aromatic nitrogens is 1. The summed E-state index contributed by atoms with van der Waals surface area (Å²) in [6, 6.07) is 15.0. The topological polar surface area (TPSA) is 72.4 Å². The molecule has 1 aliphatic rings. The first kappa shape index (κ1) is 23.5. The van der Waals surface area contributed by atoms with Crippen LogP contribution in [0.25, 0.3) is 11.1 Å². The number of rotatable bonds is 3. The van der Waals surface area contributed by atoms with Gasteiger partial charge < -0.3 is 15.1 Å². The first-order valence-corrected chi connectivity index (χ1v) is 9.53. The first-order chi connectivity index (χ1) is 12.9. The maximum absolute atomic E-state index is 13.0. The average molecular weight is 457 g/mol. The number of hydrogen-bond donors (Lipinski definition) is 1. The normalized spacial score (nSPS) is 16.6. The van der Waals surface area contributed by atoms with E-state index in [0.717, 1.165) is 35.4 Å². The molecule has 4 rings (SSSR count). The molecule has 1 saturated heterocycles. The van der Waals surface area contributed by atoms with E-state index in [-0.39, 0.29) is 36.6 Å². The summed E-state index contributed by atoms with van der Waals surface area (Å²) in [7, 11) is 0. The molecule has 2 aromatic carbocycles. The second-order valence-electron chi connectivity index (χ2n) is 7.30. The maximum Gasteiger partial charge on any atom is 0.246 e. The molecule has 2 N–H and O–H groups in total. The van der Waals surface area contributed by atoms with Crippen molar-refractivity contribution in [1.29, 1.82) is 0 Å². The number of oxazole rings is 1. The van der Waals surface area contributed by atoms with Crippen molar-refractivity contribution in [3.05, 3.63) is 65.0 Å². The molecule has 1 atom stereocenters. The van der Waals surface area contributed by atoms with Crippen molar-refractivity contribution in [2.24, 2.45) is 5.73 Å². The molecular formula is C21H24Cl3N3O2. The quantitative estimate of drug-likeness (QED) is 0.608. The number of fused-ring (bicyclic) bond motifs is 1. The number of amides is 1. The Morgan fingerprint density at radius 1 is 1.17 bits per heavy atom. The van der Waals surface area contributed by atoms with Crippen LogP contribution in [-0.2, 0) is 10.3 Å². The summed E-state index contributed by atoms with van der Waals surface area (Å²) < 4.78 is 5.90. The predicted molar refractivity (Wildman–Crippen MR) is 120 cm³/mol. The number of nitrogens with two attached hydrogens (primary N) is 1. The first-order valence-electron chi connectivity index (χ1n) is 9.15. The van der Waals surface area contributed by atoms with Crippen LogP contribution in [0, 0.1) is 0 Å². The molecule has 1 aliphatic heterocycles. The number of carbonyl (C=O) groups is 1. The van der Waals surface area contributed by atoms with Gasteiger partial charge in [0.15, 0.2) is 11.5 Å². The van der Waals surface area contributed by atoms with Gasteiger partial charge >= 0.3 is 0 Å². The molecule has 29 heavy (non-hydrogen) atoms. The Hall–Kier alpha value is -1.79. The van der Waals surface area contributed by atoms with Crippen molar-refractivity contribution in [1.82, 2.24) is 9.88 Å². The van der Waals surface area contributed by atoms with Crippen LogP contribution in [0.5, 0.6) is 0 Å². The van der Waals surface area contributed by atoms with Crippen LogP contribution in [0.2, 0.25) is 5.02 Å². The third-order valence-corrected chi connectivity index (χ3v) is 5.55. The molecule has 0 spiro atoms. The van der Waals surface area contributed by atoms with Crippen LogP contribution in [0.1, 0.15) is 37.1 Å². The van der Waals surface area contributed by atoms with Gasteiger partial charge in [0, 0.05) is 24.0 Å². The smallest absolute Gasteiger partial charge is 0.246 e. The molecule has 1 aromatic heterocycles. The minimum Gasteiger partial charge on any atom is -0.440 e. The summed E-state index contributed by atoms with van der Waals surface area (Å²) in [6.45, 7) is 3.06. The summed E-state index contributed by atoms with van der Waals surface area (Å²) in [5.41, 5.74) is 7.71. The predicted octanol–water partition coefficient (Wildman–Crippen LogP) is 4.90. The summed E-state index contributed by atoms with van der Waals surface area (Å²) in [5.74, 6) is 0.871. The molecule has 2 heterocycles. The second-order valence-corrected chi connectivity index (χ2v) is 7.74. The molecule has 5 nitrogen and oxygen atoms in total. The third-order valence-electron chi connectivity index (χ3n) is 5.32. The Balaban J connectivity index is 0.00000150. The molecule has 0 radical (unpaired) electrons. The molecular weight excluding hydrogens is 433 g/mol. The highest BCUT2D eigenvalue weighted by atomic mass is 35.5. The fraction of sp³-hybridized carbons (Fsp3) is 0.333. The van der Waals surface area contributed by atoms with E-state index in [0.29, 0.717) is 18.1 Å². The Morgan fingerprint density at radius 2 is 1.83 bits per heavy atom. The van der Waals surface area contributed by atoms with Crippen LogP contribution >= 0.6 is 36.4 Å². The monoisotopic (exact) mass is 455 g/mol. The number of benzene rings is 2. The highest BCUT2D eigenvalue weighted by Gasteiger charge is 2.36. The summed E-state index contributed by atoms with van der Waals surface area (Å²) in [5, 5.41) is 0.644. The van der Waals surface area contributed by atoms with Crippen molar-refractivity contribution in [3.8, 4) is 0 Å². The standard InChI is InChI=1S/C21H22ClN3O2.2ClH/c1-21(23,15-5-3-2-4-6-15)20(26)25-11-9-14(10-12-25)19-24-17-13-16(22)7-8-18(17)27-19;;/h2-8,13-14H,9-12,23H2,1H3;2*1H. The van der Waals surface area contributed by atoms with Crippen LogP contribution < -0.4 is 5.73 Å². The van der Waals surface area contributed by atoms with Crippen molar-refractivity contribution in [2.45, 2.75) is 31.2 Å². The fourth-order valence-electron chi connectivity index (χ4n) is 3.66. The second kappa shape index (κ2) is 9.35. The zero-order chi connectivity index (χ0) is 19.0. The molecule has 1 unspecified atom stereocenters. The van der Waals surface area contributed by atoms with Gasteiger partial charge in [-0.1, -0.05) is 41.9 Å². The zero-order valence-electron chi connectivity index (χ0n) is 16.0. The van der Waals surface area contributed by atoms with Gasteiger partial charge in [-0.05, 0) is 43.5 Å². The summed E-state index contributed by atoms with van der Waals surface area (Å²) in [6.07, 6.45) is 1.61. The van der Waals surface area contributed by atoms with E-state index in [1.54, 1.807) is 13.0 Å². The van der Waals surface area contributed by atoms with E-state index in [1.165, 1.54) is 0 Å². The number of halogens is 3. The molecule has 156 valence electrons. The minimum atomic E-state index is -1.03. The Morgan fingerprint density at radius 3 is 2.48 bits per heavy atom. The largest absolute Gasteiger partial charge is 0.440 e.